The fourth-order valence-electron chi connectivity index (χ4n) is 6.07. The van der Waals surface area contributed by atoms with Gasteiger partial charge in [-0.2, -0.15) is 0 Å². The number of unbranched alkanes of at least 4 members (excludes halogenated alkanes) is 1. The molecular formula is C35H67NO4Si2. The molecule has 0 unspecified atom stereocenters. The number of carbonyl (C=O) groups is 1. The lowest BCUT2D eigenvalue weighted by Crippen LogP contribution is -2.48. The maximum atomic E-state index is 13.1. The lowest BCUT2D eigenvalue weighted by Gasteiger charge is -2.44. The Morgan fingerprint density at radius 2 is 1.60 bits per heavy atom. The maximum Gasteiger partial charge on any atom is 0.222 e. The van der Waals surface area contributed by atoms with Crippen molar-refractivity contribution >= 4 is 22.5 Å². The van der Waals surface area contributed by atoms with Crippen molar-refractivity contribution in [3.8, 4) is 0 Å². The number of hydrogen-bond acceptors (Lipinski definition) is 4. The SMILES string of the molecule is CCCCNC(=O)C[C@@H](C[C@@H](CC[C@@H]1[C@@H]2C(=C[C@H](C)C[C@@H]2O)C=C[C@@H]1C)O[Si](C)(C)C(C)(C)C)O[Si](C)(C)C(C)(C)C. The average molecular weight is 622 g/mol. The van der Waals surface area contributed by atoms with Gasteiger partial charge < -0.3 is 19.3 Å². The van der Waals surface area contributed by atoms with Crippen LogP contribution in [0.3, 0.4) is 0 Å². The van der Waals surface area contributed by atoms with Crippen LogP contribution in [0, 0.1) is 23.7 Å². The Bertz CT molecular complexity index is 930. The van der Waals surface area contributed by atoms with E-state index in [-0.39, 0.29) is 40.2 Å². The van der Waals surface area contributed by atoms with E-state index in [0.29, 0.717) is 24.2 Å². The molecule has 0 fully saturated rings. The van der Waals surface area contributed by atoms with Gasteiger partial charge in [0, 0.05) is 18.6 Å². The third-order valence-electron chi connectivity index (χ3n) is 10.8. The molecule has 0 aromatic heterocycles. The van der Waals surface area contributed by atoms with Gasteiger partial charge in [-0.05, 0) is 91.7 Å². The van der Waals surface area contributed by atoms with Crippen molar-refractivity contribution in [2.75, 3.05) is 6.54 Å². The molecule has 0 aromatic rings. The molecule has 0 heterocycles. The quantitative estimate of drug-likeness (QED) is 0.150. The van der Waals surface area contributed by atoms with Gasteiger partial charge in [0.15, 0.2) is 16.6 Å². The van der Waals surface area contributed by atoms with Gasteiger partial charge in [0.05, 0.1) is 18.6 Å². The molecular weight excluding hydrogens is 555 g/mol. The summed E-state index contributed by atoms with van der Waals surface area (Å²) in [6.07, 6.45) is 12.4. The van der Waals surface area contributed by atoms with E-state index in [4.69, 9.17) is 8.85 Å². The number of amides is 1. The smallest absolute Gasteiger partial charge is 0.222 e. The first-order chi connectivity index (χ1) is 19.2. The van der Waals surface area contributed by atoms with Crippen molar-refractivity contribution in [1.82, 2.24) is 5.32 Å². The molecule has 0 aliphatic heterocycles. The van der Waals surface area contributed by atoms with Crippen molar-refractivity contribution in [3.05, 3.63) is 23.8 Å². The fourth-order valence-corrected chi connectivity index (χ4v) is 8.84. The highest BCUT2D eigenvalue weighted by molar-refractivity contribution is 6.74. The molecule has 0 aromatic carbocycles. The number of nitrogens with one attached hydrogen (secondary N) is 1. The Labute approximate surface area is 261 Å². The van der Waals surface area contributed by atoms with Crippen LogP contribution in [0.2, 0.25) is 36.3 Å². The van der Waals surface area contributed by atoms with E-state index in [9.17, 15) is 9.90 Å². The van der Waals surface area contributed by atoms with Crippen LogP contribution >= 0.6 is 0 Å². The highest BCUT2D eigenvalue weighted by Crippen LogP contribution is 2.45. The molecule has 2 N–H and O–H groups in total. The van der Waals surface area contributed by atoms with Crippen LogP contribution in [0.4, 0.5) is 0 Å². The molecule has 0 radical (unpaired) electrons. The second kappa shape index (κ2) is 15.0. The van der Waals surface area contributed by atoms with E-state index in [1.165, 1.54) is 5.57 Å². The van der Waals surface area contributed by atoms with E-state index in [0.717, 1.165) is 45.1 Å². The number of rotatable bonds is 14. The summed E-state index contributed by atoms with van der Waals surface area (Å²) >= 11 is 0. The monoisotopic (exact) mass is 621 g/mol. The van der Waals surface area contributed by atoms with Gasteiger partial charge in [0.2, 0.25) is 5.91 Å². The molecule has 0 saturated carbocycles. The van der Waals surface area contributed by atoms with Crippen molar-refractivity contribution in [3.63, 3.8) is 0 Å². The molecule has 244 valence electrons. The summed E-state index contributed by atoms with van der Waals surface area (Å²) in [5.74, 6) is 1.48. The van der Waals surface area contributed by atoms with Crippen LogP contribution in [-0.2, 0) is 13.6 Å². The first-order valence-corrected chi connectivity index (χ1v) is 22.7. The Morgan fingerprint density at radius 3 is 2.14 bits per heavy atom. The Morgan fingerprint density at radius 1 is 1.02 bits per heavy atom. The third kappa shape index (κ3) is 10.4. The minimum absolute atomic E-state index is 0.00861. The molecule has 7 atom stereocenters. The first kappa shape index (κ1) is 37.5. The van der Waals surface area contributed by atoms with Gasteiger partial charge in [0.25, 0.3) is 0 Å². The Hall–Kier alpha value is -0.736. The summed E-state index contributed by atoms with van der Waals surface area (Å²) in [4.78, 5) is 13.1. The van der Waals surface area contributed by atoms with Crippen LogP contribution in [0.1, 0.15) is 107 Å². The van der Waals surface area contributed by atoms with Crippen LogP contribution in [0.15, 0.2) is 23.8 Å². The molecule has 0 bridgehead atoms. The standard InChI is InChI=1S/C35H67NO4Si2/c1-14-15-20-36-32(38)24-29(40-42(12,13)35(7,8)9)23-28(39-41(10,11)34(4,5)6)18-19-30-26(3)16-17-27-21-25(2)22-31(37)33(27)30/h16-17,21,25-26,28-31,33,37H,14-15,18-20,22-24H2,1-13H3,(H,36,38)/t25-,26-,28+,29+,30-,31-,33-/m0/s1. The van der Waals surface area contributed by atoms with E-state index in [2.05, 4.69) is 112 Å². The minimum Gasteiger partial charge on any atom is -0.414 e. The highest BCUT2D eigenvalue weighted by atomic mass is 28.4. The predicted octanol–water partition coefficient (Wildman–Crippen LogP) is 9.01. The number of aliphatic hydroxyl groups excluding tert-OH is 1. The minimum atomic E-state index is -2.11. The van der Waals surface area contributed by atoms with Crippen molar-refractivity contribution in [2.45, 2.75) is 162 Å². The van der Waals surface area contributed by atoms with Crippen molar-refractivity contribution < 1.29 is 18.8 Å². The molecule has 0 saturated heterocycles. The predicted molar refractivity (Wildman–Crippen MR) is 184 cm³/mol. The molecule has 2 aliphatic rings. The van der Waals surface area contributed by atoms with E-state index >= 15 is 0 Å². The zero-order chi connectivity index (χ0) is 32.1. The largest absolute Gasteiger partial charge is 0.414 e. The van der Waals surface area contributed by atoms with Gasteiger partial charge in [-0.15, -0.1) is 0 Å². The number of allylic oxidation sites excluding steroid dienone is 3. The van der Waals surface area contributed by atoms with Crippen LogP contribution < -0.4 is 5.32 Å². The van der Waals surface area contributed by atoms with E-state index in [1.807, 2.05) is 0 Å². The first-order valence-electron chi connectivity index (χ1n) is 16.9. The van der Waals surface area contributed by atoms with Crippen LogP contribution in [-0.4, -0.2) is 52.5 Å². The normalized spacial score (nSPS) is 26.8. The molecule has 42 heavy (non-hydrogen) atoms. The Kier molecular flexibility index (Phi) is 13.4. The number of hydrogen-bond donors (Lipinski definition) is 2. The lowest BCUT2D eigenvalue weighted by atomic mass is 9.65. The second-order valence-electron chi connectivity index (χ2n) is 16.6. The summed E-state index contributed by atoms with van der Waals surface area (Å²) in [5.41, 5.74) is 1.31. The van der Waals surface area contributed by atoms with Crippen molar-refractivity contribution in [2.24, 2.45) is 23.7 Å². The van der Waals surface area contributed by atoms with E-state index in [1.54, 1.807) is 0 Å². The maximum absolute atomic E-state index is 13.1. The van der Waals surface area contributed by atoms with Gasteiger partial charge in [-0.3, -0.25) is 4.79 Å². The molecule has 1 amide bonds. The average Bonchev–Trinajstić information content (AvgIpc) is 2.81. The molecule has 7 heteroatoms. The topological polar surface area (TPSA) is 67.8 Å². The highest BCUT2D eigenvalue weighted by Gasteiger charge is 2.44. The van der Waals surface area contributed by atoms with Crippen LogP contribution in [0.5, 0.6) is 0 Å². The van der Waals surface area contributed by atoms with Crippen LogP contribution in [0.25, 0.3) is 0 Å². The van der Waals surface area contributed by atoms with Gasteiger partial charge in [0.1, 0.15) is 0 Å². The molecule has 0 spiro atoms. The molecule has 2 aliphatic carbocycles. The molecule has 5 nitrogen and oxygen atoms in total. The van der Waals surface area contributed by atoms with Gasteiger partial charge in [-0.25, -0.2) is 0 Å². The fraction of sp³-hybridized carbons (Fsp3) is 0.857. The van der Waals surface area contributed by atoms with Gasteiger partial charge >= 0.3 is 0 Å². The van der Waals surface area contributed by atoms with E-state index < -0.39 is 16.6 Å². The summed E-state index contributed by atoms with van der Waals surface area (Å²) in [5, 5.41) is 14.5. The van der Waals surface area contributed by atoms with Crippen molar-refractivity contribution in [1.29, 1.82) is 0 Å². The second-order valence-corrected chi connectivity index (χ2v) is 26.1. The molecule has 2 rings (SSSR count). The summed E-state index contributed by atoms with van der Waals surface area (Å²) < 4.78 is 14.2. The summed E-state index contributed by atoms with van der Waals surface area (Å²) in [7, 11) is -4.19. The lowest BCUT2D eigenvalue weighted by molar-refractivity contribution is -0.123. The summed E-state index contributed by atoms with van der Waals surface area (Å²) in [6.45, 7) is 30.3. The Balaban J connectivity index is 2.35. The zero-order valence-corrected chi connectivity index (χ0v) is 31.6. The summed E-state index contributed by atoms with van der Waals surface area (Å²) in [6, 6.07) is 0. The third-order valence-corrected chi connectivity index (χ3v) is 19.8. The van der Waals surface area contributed by atoms with Gasteiger partial charge in [-0.1, -0.05) is 87.0 Å². The zero-order valence-electron chi connectivity index (χ0n) is 29.6. The number of fused-ring (bicyclic) bond motifs is 1. The number of carbonyl (C=O) groups excluding carboxylic acids is 1. The number of aliphatic hydroxyl groups is 1.